The van der Waals surface area contributed by atoms with E-state index in [-0.39, 0.29) is 17.0 Å². The number of aryl methyl sites for hydroxylation is 1. The van der Waals surface area contributed by atoms with E-state index in [9.17, 15) is 0 Å². The van der Waals surface area contributed by atoms with Crippen LogP contribution in [0.15, 0.2) is 48.8 Å². The van der Waals surface area contributed by atoms with Crippen LogP contribution in [0.1, 0.15) is 12.5 Å². The van der Waals surface area contributed by atoms with Crippen molar-refractivity contribution in [3.05, 3.63) is 54.4 Å². The molecule has 0 amide bonds. The summed E-state index contributed by atoms with van der Waals surface area (Å²) >= 11 is 0. The van der Waals surface area contributed by atoms with Crippen molar-refractivity contribution in [3.8, 4) is 11.1 Å². The smallest absolute Gasteiger partial charge is 0.0305 e. The predicted octanol–water partition coefficient (Wildman–Crippen LogP) is 3.89. The Morgan fingerprint density at radius 1 is 1.07 bits per heavy atom. The first-order valence-electron chi connectivity index (χ1n) is 4.90. The van der Waals surface area contributed by atoms with Crippen LogP contribution in [-0.4, -0.2) is 4.98 Å². The van der Waals surface area contributed by atoms with E-state index in [0.29, 0.717) is 0 Å². The molecule has 0 N–H and O–H groups in total. The summed E-state index contributed by atoms with van der Waals surface area (Å²) in [5.41, 5.74) is 3.87. The molecule has 78 valence electrons. The van der Waals surface area contributed by atoms with Crippen molar-refractivity contribution in [3.63, 3.8) is 0 Å². The van der Waals surface area contributed by atoms with E-state index in [2.05, 4.69) is 42.2 Å². The maximum absolute atomic E-state index is 4.14. The second-order valence-corrected chi connectivity index (χ2v) is 3.25. The van der Waals surface area contributed by atoms with Crippen molar-refractivity contribution in [1.29, 1.82) is 0 Å². The molecule has 0 radical (unpaired) electrons. The molecule has 1 aromatic heterocycles. The molecule has 0 saturated carbocycles. The highest BCUT2D eigenvalue weighted by molar-refractivity contribution is 8.93. The van der Waals surface area contributed by atoms with E-state index in [1.807, 2.05) is 18.5 Å². The Bertz CT molecular complexity index is 412. The van der Waals surface area contributed by atoms with Gasteiger partial charge < -0.3 is 0 Å². The fourth-order valence-electron chi connectivity index (χ4n) is 1.61. The van der Waals surface area contributed by atoms with Gasteiger partial charge in [0.15, 0.2) is 0 Å². The van der Waals surface area contributed by atoms with E-state index in [4.69, 9.17) is 0 Å². The Hall–Kier alpha value is -1.15. The first kappa shape index (κ1) is 11.9. The number of rotatable bonds is 2. The van der Waals surface area contributed by atoms with Gasteiger partial charge in [-0.1, -0.05) is 37.3 Å². The zero-order valence-electron chi connectivity index (χ0n) is 8.68. The third-order valence-electron chi connectivity index (χ3n) is 2.37. The van der Waals surface area contributed by atoms with Gasteiger partial charge in [0.05, 0.1) is 0 Å². The van der Waals surface area contributed by atoms with E-state index in [0.717, 1.165) is 6.42 Å². The second-order valence-electron chi connectivity index (χ2n) is 3.25. The highest BCUT2D eigenvalue weighted by Gasteiger charge is 2.01. The van der Waals surface area contributed by atoms with Gasteiger partial charge >= 0.3 is 0 Å². The average Bonchev–Trinajstić information content (AvgIpc) is 2.30. The standard InChI is InChI=1S/C13H13N.BrH/c1-2-11-10-14-9-8-13(11)12-6-4-3-5-7-12;/h3-10H,2H2,1H3;1H. The zero-order valence-corrected chi connectivity index (χ0v) is 10.4. The van der Waals surface area contributed by atoms with Crippen molar-refractivity contribution in [1.82, 2.24) is 4.98 Å². The molecule has 15 heavy (non-hydrogen) atoms. The van der Waals surface area contributed by atoms with Gasteiger partial charge in [0.25, 0.3) is 0 Å². The van der Waals surface area contributed by atoms with Crippen LogP contribution < -0.4 is 0 Å². The molecule has 0 aliphatic rings. The highest BCUT2D eigenvalue weighted by atomic mass is 79.9. The Balaban J connectivity index is 0.00000112. The SMILES string of the molecule is Br.CCc1cnccc1-c1ccccc1. The summed E-state index contributed by atoms with van der Waals surface area (Å²) in [6, 6.07) is 12.5. The van der Waals surface area contributed by atoms with Crippen LogP contribution in [-0.2, 0) is 6.42 Å². The molecule has 2 heteroatoms. The summed E-state index contributed by atoms with van der Waals surface area (Å²) in [6.45, 7) is 2.16. The Morgan fingerprint density at radius 2 is 1.80 bits per heavy atom. The minimum atomic E-state index is 0. The molecule has 0 atom stereocenters. The summed E-state index contributed by atoms with van der Waals surface area (Å²) in [6.07, 6.45) is 4.82. The van der Waals surface area contributed by atoms with E-state index < -0.39 is 0 Å². The monoisotopic (exact) mass is 263 g/mol. The molecule has 2 aromatic rings. The Morgan fingerprint density at radius 3 is 2.47 bits per heavy atom. The molecular weight excluding hydrogens is 250 g/mol. The number of hydrogen-bond acceptors (Lipinski definition) is 1. The van der Waals surface area contributed by atoms with Crippen LogP contribution in [0, 0.1) is 0 Å². The van der Waals surface area contributed by atoms with E-state index in [1.165, 1.54) is 16.7 Å². The van der Waals surface area contributed by atoms with Gasteiger partial charge in [0, 0.05) is 12.4 Å². The van der Waals surface area contributed by atoms with Crippen molar-refractivity contribution >= 4 is 17.0 Å². The van der Waals surface area contributed by atoms with Crippen LogP contribution in [0.5, 0.6) is 0 Å². The van der Waals surface area contributed by atoms with Crippen molar-refractivity contribution in [2.45, 2.75) is 13.3 Å². The van der Waals surface area contributed by atoms with Gasteiger partial charge in [-0.25, -0.2) is 0 Å². The third-order valence-corrected chi connectivity index (χ3v) is 2.37. The molecule has 0 aliphatic carbocycles. The minimum Gasteiger partial charge on any atom is -0.264 e. The Labute approximate surface area is 101 Å². The van der Waals surface area contributed by atoms with Crippen LogP contribution in [0.3, 0.4) is 0 Å². The van der Waals surface area contributed by atoms with Crippen LogP contribution in [0.4, 0.5) is 0 Å². The molecular formula is C13H14BrN. The average molecular weight is 264 g/mol. The molecule has 1 aromatic carbocycles. The molecule has 0 saturated heterocycles. The van der Waals surface area contributed by atoms with Crippen molar-refractivity contribution in [2.75, 3.05) is 0 Å². The van der Waals surface area contributed by atoms with Crippen molar-refractivity contribution < 1.29 is 0 Å². The molecule has 0 fully saturated rings. The van der Waals surface area contributed by atoms with Crippen LogP contribution >= 0.6 is 17.0 Å². The quantitative estimate of drug-likeness (QED) is 0.801. The maximum Gasteiger partial charge on any atom is 0.0305 e. The van der Waals surface area contributed by atoms with E-state index >= 15 is 0 Å². The number of nitrogens with zero attached hydrogens (tertiary/aromatic N) is 1. The first-order chi connectivity index (χ1) is 6.92. The number of aromatic nitrogens is 1. The topological polar surface area (TPSA) is 12.9 Å². The van der Waals surface area contributed by atoms with Gasteiger partial charge in [-0.3, -0.25) is 4.98 Å². The predicted molar refractivity (Wildman–Crippen MR) is 69.4 cm³/mol. The van der Waals surface area contributed by atoms with Gasteiger partial charge in [-0.05, 0) is 29.2 Å². The lowest BCUT2D eigenvalue weighted by Crippen LogP contribution is -1.88. The van der Waals surface area contributed by atoms with Crippen molar-refractivity contribution in [2.24, 2.45) is 0 Å². The molecule has 0 bridgehead atoms. The molecule has 1 heterocycles. The lowest BCUT2D eigenvalue weighted by atomic mass is 10.0. The maximum atomic E-state index is 4.14. The van der Waals surface area contributed by atoms with Crippen LogP contribution in [0.25, 0.3) is 11.1 Å². The molecule has 0 spiro atoms. The number of pyridine rings is 1. The minimum absolute atomic E-state index is 0. The summed E-state index contributed by atoms with van der Waals surface area (Å²) in [5.74, 6) is 0. The summed E-state index contributed by atoms with van der Waals surface area (Å²) in [4.78, 5) is 4.14. The fraction of sp³-hybridized carbons (Fsp3) is 0.154. The van der Waals surface area contributed by atoms with Gasteiger partial charge in [0.2, 0.25) is 0 Å². The Kier molecular flexibility index (Phi) is 4.50. The van der Waals surface area contributed by atoms with E-state index in [1.54, 1.807) is 0 Å². The highest BCUT2D eigenvalue weighted by Crippen LogP contribution is 2.22. The molecule has 0 unspecified atom stereocenters. The van der Waals surface area contributed by atoms with Crippen LogP contribution in [0.2, 0.25) is 0 Å². The second kappa shape index (κ2) is 5.66. The largest absolute Gasteiger partial charge is 0.264 e. The third kappa shape index (κ3) is 2.66. The normalized spacial score (nSPS) is 9.40. The number of halogens is 1. The lowest BCUT2D eigenvalue weighted by molar-refractivity contribution is 1.11. The first-order valence-corrected chi connectivity index (χ1v) is 4.90. The number of hydrogen-bond donors (Lipinski definition) is 0. The molecule has 2 rings (SSSR count). The number of benzene rings is 1. The van der Waals surface area contributed by atoms with Gasteiger partial charge in [0.1, 0.15) is 0 Å². The van der Waals surface area contributed by atoms with Gasteiger partial charge in [-0.2, -0.15) is 0 Å². The van der Waals surface area contributed by atoms with Gasteiger partial charge in [-0.15, -0.1) is 17.0 Å². The molecule has 0 aliphatic heterocycles. The lowest BCUT2D eigenvalue weighted by Gasteiger charge is -2.06. The zero-order chi connectivity index (χ0) is 9.80. The summed E-state index contributed by atoms with van der Waals surface area (Å²) in [5, 5.41) is 0. The fourth-order valence-corrected chi connectivity index (χ4v) is 1.61. The molecule has 1 nitrogen and oxygen atoms in total. The summed E-state index contributed by atoms with van der Waals surface area (Å²) in [7, 11) is 0. The summed E-state index contributed by atoms with van der Waals surface area (Å²) < 4.78 is 0.